The lowest BCUT2D eigenvalue weighted by Crippen LogP contribution is -2.53. The fraction of sp³-hybridized carbons (Fsp3) is 0.562. The van der Waals surface area contributed by atoms with Gasteiger partial charge in [-0.1, -0.05) is 50.6 Å². The summed E-state index contributed by atoms with van der Waals surface area (Å²) in [6.07, 6.45) is 2.61. The zero-order chi connectivity index (χ0) is 14.3. The van der Waals surface area contributed by atoms with Crippen molar-refractivity contribution < 1.29 is 9.53 Å². The molecule has 0 heterocycles. The third kappa shape index (κ3) is 3.57. The van der Waals surface area contributed by atoms with Crippen molar-refractivity contribution in [2.45, 2.75) is 51.6 Å². The molecule has 0 fully saturated rings. The largest absolute Gasteiger partial charge is 0.467 e. The van der Waals surface area contributed by atoms with Crippen LogP contribution in [0.2, 0.25) is 0 Å². The van der Waals surface area contributed by atoms with Crippen LogP contribution >= 0.6 is 0 Å². The molecule has 0 saturated heterocycles. The Bertz CT molecular complexity index is 391. The summed E-state index contributed by atoms with van der Waals surface area (Å²) in [7, 11) is 1.45. The lowest BCUT2D eigenvalue weighted by atomic mass is 9.84. The van der Waals surface area contributed by atoms with Crippen molar-refractivity contribution >= 4 is 5.97 Å². The molecule has 1 aromatic carbocycles. The highest BCUT2D eigenvalue weighted by molar-refractivity contribution is 5.82. The molecule has 0 bridgehead atoms. The Morgan fingerprint density at radius 1 is 1.32 bits per heavy atom. The van der Waals surface area contributed by atoms with Gasteiger partial charge in [-0.15, -0.1) is 0 Å². The van der Waals surface area contributed by atoms with Gasteiger partial charge in [0.1, 0.15) is 5.54 Å². The predicted molar refractivity (Wildman–Crippen MR) is 77.9 cm³/mol. The van der Waals surface area contributed by atoms with E-state index in [4.69, 9.17) is 4.74 Å². The highest BCUT2D eigenvalue weighted by Crippen LogP contribution is 2.29. The number of rotatable bonds is 7. The van der Waals surface area contributed by atoms with Crippen LogP contribution in [0.4, 0.5) is 0 Å². The van der Waals surface area contributed by atoms with Crippen LogP contribution in [0, 0.1) is 0 Å². The van der Waals surface area contributed by atoms with Crippen LogP contribution in [-0.4, -0.2) is 19.1 Å². The van der Waals surface area contributed by atoms with Crippen molar-refractivity contribution in [3.8, 4) is 0 Å². The summed E-state index contributed by atoms with van der Waals surface area (Å²) in [6, 6.07) is 10.1. The summed E-state index contributed by atoms with van der Waals surface area (Å²) in [5.41, 5.74) is 0.240. The van der Waals surface area contributed by atoms with Crippen LogP contribution in [0.1, 0.15) is 45.6 Å². The van der Waals surface area contributed by atoms with Gasteiger partial charge >= 0.3 is 5.97 Å². The molecule has 19 heavy (non-hydrogen) atoms. The van der Waals surface area contributed by atoms with Gasteiger partial charge in [0.2, 0.25) is 0 Å². The monoisotopic (exact) mass is 263 g/mol. The van der Waals surface area contributed by atoms with Crippen molar-refractivity contribution in [1.29, 1.82) is 0 Å². The minimum absolute atomic E-state index is 0.208. The zero-order valence-corrected chi connectivity index (χ0v) is 12.4. The van der Waals surface area contributed by atoms with E-state index in [-0.39, 0.29) is 12.0 Å². The summed E-state index contributed by atoms with van der Waals surface area (Å²) in [4.78, 5) is 12.4. The second-order valence-electron chi connectivity index (χ2n) is 4.97. The number of carbonyl (C=O) groups excluding carboxylic acids is 1. The second-order valence-corrected chi connectivity index (χ2v) is 4.97. The molecule has 2 atom stereocenters. The first-order chi connectivity index (χ1) is 9.10. The summed E-state index contributed by atoms with van der Waals surface area (Å²) in [5.74, 6) is -0.208. The van der Waals surface area contributed by atoms with E-state index < -0.39 is 5.54 Å². The van der Waals surface area contributed by atoms with E-state index in [9.17, 15) is 4.79 Å². The Balaban J connectivity index is 3.22. The van der Waals surface area contributed by atoms with Gasteiger partial charge in [0.15, 0.2) is 0 Å². The Kier molecular flexibility index (Phi) is 6.03. The van der Waals surface area contributed by atoms with Crippen LogP contribution in [-0.2, 0) is 15.1 Å². The van der Waals surface area contributed by atoms with Gasteiger partial charge in [0.25, 0.3) is 0 Å². The van der Waals surface area contributed by atoms with Crippen LogP contribution in [0.5, 0.6) is 0 Å². The molecule has 2 unspecified atom stereocenters. The Morgan fingerprint density at radius 3 is 2.42 bits per heavy atom. The molecule has 0 saturated carbocycles. The molecule has 0 aliphatic rings. The molecule has 3 nitrogen and oxygen atoms in total. The summed E-state index contributed by atoms with van der Waals surface area (Å²) in [5, 5.41) is 3.47. The normalized spacial score (nSPS) is 15.6. The maximum absolute atomic E-state index is 12.4. The first kappa shape index (κ1) is 15.7. The molecule has 0 spiro atoms. The molecule has 106 valence electrons. The van der Waals surface area contributed by atoms with Gasteiger partial charge in [-0.3, -0.25) is 5.32 Å². The Morgan fingerprint density at radius 2 is 1.95 bits per heavy atom. The van der Waals surface area contributed by atoms with Crippen molar-refractivity contribution in [2.24, 2.45) is 0 Å². The summed E-state index contributed by atoms with van der Waals surface area (Å²) in [6.45, 7) is 6.28. The molecule has 1 rings (SSSR count). The van der Waals surface area contributed by atoms with E-state index in [1.807, 2.05) is 30.3 Å². The van der Waals surface area contributed by atoms with E-state index in [1.165, 1.54) is 7.11 Å². The fourth-order valence-electron chi connectivity index (χ4n) is 2.37. The van der Waals surface area contributed by atoms with Crippen molar-refractivity contribution in [3.05, 3.63) is 35.9 Å². The topological polar surface area (TPSA) is 38.3 Å². The van der Waals surface area contributed by atoms with E-state index in [0.717, 1.165) is 24.8 Å². The third-order valence-corrected chi connectivity index (χ3v) is 3.53. The van der Waals surface area contributed by atoms with Gasteiger partial charge < -0.3 is 4.74 Å². The summed E-state index contributed by atoms with van der Waals surface area (Å²) < 4.78 is 5.07. The number of esters is 1. The molecule has 0 aliphatic carbocycles. The Labute approximate surface area is 116 Å². The van der Waals surface area contributed by atoms with E-state index in [0.29, 0.717) is 0 Å². The molecular weight excluding hydrogens is 238 g/mol. The standard InChI is InChI=1S/C16H25NO2/c1-5-12-16(15(18)19-4,17-13(3)6-2)14-10-8-7-9-11-14/h7-11,13,17H,5-6,12H2,1-4H3. The van der Waals surface area contributed by atoms with Crippen LogP contribution in [0.15, 0.2) is 30.3 Å². The Hall–Kier alpha value is -1.35. The van der Waals surface area contributed by atoms with E-state index >= 15 is 0 Å². The fourth-order valence-corrected chi connectivity index (χ4v) is 2.37. The molecule has 0 amide bonds. The smallest absolute Gasteiger partial charge is 0.330 e. The van der Waals surface area contributed by atoms with Crippen molar-refractivity contribution in [2.75, 3.05) is 7.11 Å². The molecular formula is C16H25NO2. The first-order valence-electron chi connectivity index (χ1n) is 7.02. The van der Waals surface area contributed by atoms with Crippen LogP contribution in [0.25, 0.3) is 0 Å². The van der Waals surface area contributed by atoms with Gasteiger partial charge in [0, 0.05) is 6.04 Å². The predicted octanol–water partition coefficient (Wildman–Crippen LogP) is 3.24. The number of ether oxygens (including phenoxy) is 1. The molecule has 0 aliphatic heterocycles. The minimum atomic E-state index is -0.736. The van der Waals surface area contributed by atoms with Gasteiger partial charge in [0.05, 0.1) is 7.11 Å². The number of nitrogens with one attached hydrogen (secondary N) is 1. The summed E-state index contributed by atoms with van der Waals surface area (Å²) >= 11 is 0. The van der Waals surface area contributed by atoms with Crippen LogP contribution in [0.3, 0.4) is 0 Å². The highest BCUT2D eigenvalue weighted by atomic mass is 16.5. The van der Waals surface area contributed by atoms with Gasteiger partial charge in [-0.2, -0.15) is 0 Å². The van der Waals surface area contributed by atoms with Gasteiger partial charge in [-0.25, -0.2) is 4.79 Å². The average molecular weight is 263 g/mol. The SMILES string of the molecule is CCCC(NC(C)CC)(C(=O)OC)c1ccccc1. The quantitative estimate of drug-likeness (QED) is 0.767. The molecule has 0 aromatic heterocycles. The maximum atomic E-state index is 12.4. The number of benzene rings is 1. The first-order valence-corrected chi connectivity index (χ1v) is 7.02. The number of hydrogen-bond donors (Lipinski definition) is 1. The molecule has 0 radical (unpaired) electrons. The average Bonchev–Trinajstić information content (AvgIpc) is 2.46. The zero-order valence-electron chi connectivity index (χ0n) is 12.4. The molecule has 1 N–H and O–H groups in total. The van der Waals surface area contributed by atoms with Crippen molar-refractivity contribution in [1.82, 2.24) is 5.32 Å². The third-order valence-electron chi connectivity index (χ3n) is 3.53. The number of hydrogen-bond acceptors (Lipinski definition) is 3. The lowest BCUT2D eigenvalue weighted by molar-refractivity contribution is -0.150. The second kappa shape index (κ2) is 7.29. The minimum Gasteiger partial charge on any atom is -0.467 e. The maximum Gasteiger partial charge on any atom is 0.330 e. The van der Waals surface area contributed by atoms with Crippen molar-refractivity contribution in [3.63, 3.8) is 0 Å². The highest BCUT2D eigenvalue weighted by Gasteiger charge is 2.41. The van der Waals surface area contributed by atoms with Gasteiger partial charge in [-0.05, 0) is 25.3 Å². The van der Waals surface area contributed by atoms with E-state index in [1.54, 1.807) is 0 Å². The van der Waals surface area contributed by atoms with E-state index in [2.05, 4.69) is 26.1 Å². The number of carbonyl (C=O) groups is 1. The number of methoxy groups -OCH3 is 1. The van der Waals surface area contributed by atoms with Crippen LogP contribution < -0.4 is 5.32 Å². The molecule has 1 aromatic rings. The lowest BCUT2D eigenvalue weighted by Gasteiger charge is -2.35. The molecule has 3 heteroatoms.